The van der Waals surface area contributed by atoms with Crippen molar-refractivity contribution in [2.45, 2.75) is 6.92 Å². The number of piperazine rings is 1. The maximum atomic E-state index is 12.5. The Morgan fingerprint density at radius 2 is 1.88 bits per heavy atom. The lowest BCUT2D eigenvalue weighted by atomic mass is 10.3. The van der Waals surface area contributed by atoms with E-state index in [2.05, 4.69) is 4.98 Å². The summed E-state index contributed by atoms with van der Waals surface area (Å²) in [7, 11) is 1.88. The van der Waals surface area contributed by atoms with E-state index in [0.29, 0.717) is 32.8 Å². The number of anilines is 1. The fourth-order valence-electron chi connectivity index (χ4n) is 2.75. The molecule has 25 heavy (non-hydrogen) atoms. The standard InChI is InChI=1S/C17H22N4O3S/c1-3-24-17(23)21-10-8-20(9-11-21)15(22)12-19(2)16-18-13-6-4-5-7-14(13)25-16/h4-7H,3,8-12H2,1-2H3. The highest BCUT2D eigenvalue weighted by atomic mass is 32.1. The SMILES string of the molecule is CCOC(=O)N1CCN(C(=O)CN(C)c2nc3ccccc3s2)CC1. The minimum atomic E-state index is -0.304. The number of hydrogen-bond acceptors (Lipinski definition) is 6. The van der Waals surface area contributed by atoms with Crippen LogP contribution in [0.25, 0.3) is 10.2 Å². The van der Waals surface area contributed by atoms with E-state index in [-0.39, 0.29) is 18.5 Å². The number of amides is 2. The lowest BCUT2D eigenvalue weighted by Crippen LogP contribution is -2.52. The molecule has 1 aromatic carbocycles. The molecule has 1 aliphatic rings. The van der Waals surface area contributed by atoms with Gasteiger partial charge in [0.25, 0.3) is 0 Å². The Morgan fingerprint density at radius 3 is 2.56 bits per heavy atom. The molecule has 0 N–H and O–H groups in total. The number of rotatable bonds is 4. The molecule has 0 bridgehead atoms. The summed E-state index contributed by atoms with van der Waals surface area (Å²) in [6.45, 7) is 4.52. The molecule has 1 aliphatic heterocycles. The second kappa shape index (κ2) is 7.69. The van der Waals surface area contributed by atoms with E-state index in [1.54, 1.807) is 28.1 Å². The van der Waals surface area contributed by atoms with Gasteiger partial charge in [0.05, 0.1) is 23.4 Å². The van der Waals surface area contributed by atoms with E-state index in [1.807, 2.05) is 36.2 Å². The van der Waals surface area contributed by atoms with Crippen LogP contribution >= 0.6 is 11.3 Å². The number of carbonyl (C=O) groups is 2. The highest BCUT2D eigenvalue weighted by Crippen LogP contribution is 2.27. The molecule has 0 unspecified atom stereocenters. The summed E-state index contributed by atoms with van der Waals surface area (Å²) in [5, 5.41) is 0.833. The molecule has 0 aliphatic carbocycles. The van der Waals surface area contributed by atoms with Crippen LogP contribution in [0.5, 0.6) is 0 Å². The maximum absolute atomic E-state index is 12.5. The predicted molar refractivity (Wildman–Crippen MR) is 98.1 cm³/mol. The van der Waals surface area contributed by atoms with Crippen molar-refractivity contribution < 1.29 is 14.3 Å². The van der Waals surface area contributed by atoms with Crippen LogP contribution in [-0.4, -0.2) is 73.2 Å². The Kier molecular flexibility index (Phi) is 5.37. The van der Waals surface area contributed by atoms with Crippen LogP contribution in [-0.2, 0) is 9.53 Å². The van der Waals surface area contributed by atoms with Crippen molar-refractivity contribution >= 4 is 38.7 Å². The van der Waals surface area contributed by atoms with Crippen LogP contribution in [0.15, 0.2) is 24.3 Å². The van der Waals surface area contributed by atoms with E-state index in [4.69, 9.17) is 4.74 Å². The summed E-state index contributed by atoms with van der Waals surface area (Å²) in [6, 6.07) is 7.94. The van der Waals surface area contributed by atoms with Crippen molar-refractivity contribution in [3.8, 4) is 0 Å². The summed E-state index contributed by atoms with van der Waals surface area (Å²) < 4.78 is 6.11. The highest BCUT2D eigenvalue weighted by molar-refractivity contribution is 7.22. The molecule has 0 spiro atoms. The van der Waals surface area contributed by atoms with E-state index in [9.17, 15) is 9.59 Å². The molecule has 0 radical (unpaired) electrons. The van der Waals surface area contributed by atoms with Crippen molar-refractivity contribution in [2.75, 3.05) is 51.3 Å². The number of carbonyl (C=O) groups excluding carboxylic acids is 2. The minimum absolute atomic E-state index is 0.0465. The molecule has 134 valence electrons. The smallest absolute Gasteiger partial charge is 0.409 e. The van der Waals surface area contributed by atoms with Gasteiger partial charge in [-0.1, -0.05) is 23.5 Å². The summed E-state index contributed by atoms with van der Waals surface area (Å²) >= 11 is 1.58. The highest BCUT2D eigenvalue weighted by Gasteiger charge is 2.25. The van der Waals surface area contributed by atoms with E-state index < -0.39 is 0 Å². The van der Waals surface area contributed by atoms with E-state index in [1.165, 1.54) is 0 Å². The van der Waals surface area contributed by atoms with Gasteiger partial charge in [-0.05, 0) is 19.1 Å². The van der Waals surface area contributed by atoms with Crippen LogP contribution in [0.1, 0.15) is 6.92 Å². The second-order valence-electron chi connectivity index (χ2n) is 5.89. The molecule has 8 heteroatoms. The average molecular weight is 362 g/mol. The number of nitrogens with zero attached hydrogens (tertiary/aromatic N) is 4. The monoisotopic (exact) mass is 362 g/mol. The molecule has 1 fully saturated rings. The Balaban J connectivity index is 1.54. The van der Waals surface area contributed by atoms with Crippen LogP contribution in [0.4, 0.5) is 9.93 Å². The number of para-hydroxylation sites is 1. The Morgan fingerprint density at radius 1 is 1.20 bits per heavy atom. The van der Waals surface area contributed by atoms with Gasteiger partial charge in [0.2, 0.25) is 5.91 Å². The molecule has 0 atom stereocenters. The zero-order valence-electron chi connectivity index (χ0n) is 14.5. The zero-order chi connectivity index (χ0) is 17.8. The minimum Gasteiger partial charge on any atom is -0.450 e. The quantitative estimate of drug-likeness (QED) is 0.833. The van der Waals surface area contributed by atoms with Crippen LogP contribution in [0.2, 0.25) is 0 Å². The molecule has 2 aromatic rings. The lowest BCUT2D eigenvalue weighted by molar-refractivity contribution is -0.131. The maximum Gasteiger partial charge on any atom is 0.409 e. The Labute approximate surface area is 150 Å². The number of fused-ring (bicyclic) bond motifs is 1. The van der Waals surface area contributed by atoms with Gasteiger partial charge in [0.15, 0.2) is 5.13 Å². The third-order valence-electron chi connectivity index (χ3n) is 4.14. The van der Waals surface area contributed by atoms with Gasteiger partial charge >= 0.3 is 6.09 Å². The number of aromatic nitrogens is 1. The molecule has 3 rings (SSSR count). The average Bonchev–Trinajstić information content (AvgIpc) is 3.06. The first-order valence-electron chi connectivity index (χ1n) is 8.34. The van der Waals surface area contributed by atoms with Crippen LogP contribution in [0, 0.1) is 0 Å². The molecular weight excluding hydrogens is 340 g/mol. The lowest BCUT2D eigenvalue weighted by Gasteiger charge is -2.34. The van der Waals surface area contributed by atoms with Crippen molar-refractivity contribution in [1.29, 1.82) is 0 Å². The summed E-state index contributed by atoms with van der Waals surface area (Å²) in [6.07, 6.45) is -0.304. The third-order valence-corrected chi connectivity index (χ3v) is 5.29. The largest absolute Gasteiger partial charge is 0.450 e. The Bertz CT molecular complexity index is 722. The number of likely N-dealkylation sites (N-methyl/N-ethyl adjacent to an activating group) is 1. The van der Waals surface area contributed by atoms with E-state index in [0.717, 1.165) is 15.3 Å². The first kappa shape index (κ1) is 17.5. The van der Waals surface area contributed by atoms with Gasteiger partial charge in [-0.3, -0.25) is 4.79 Å². The van der Waals surface area contributed by atoms with Gasteiger partial charge in [0.1, 0.15) is 0 Å². The topological polar surface area (TPSA) is 66.0 Å². The first-order chi connectivity index (χ1) is 12.1. The van der Waals surface area contributed by atoms with Gasteiger partial charge in [-0.2, -0.15) is 0 Å². The van der Waals surface area contributed by atoms with Crippen molar-refractivity contribution in [2.24, 2.45) is 0 Å². The molecule has 1 saturated heterocycles. The van der Waals surface area contributed by atoms with Crippen LogP contribution < -0.4 is 4.90 Å². The molecule has 1 aromatic heterocycles. The van der Waals surface area contributed by atoms with E-state index >= 15 is 0 Å². The summed E-state index contributed by atoms with van der Waals surface area (Å²) in [5.41, 5.74) is 0.949. The van der Waals surface area contributed by atoms with Crippen molar-refractivity contribution in [1.82, 2.24) is 14.8 Å². The Hall–Kier alpha value is -2.35. The number of ether oxygens (including phenoxy) is 1. The normalized spacial score (nSPS) is 14.6. The number of benzene rings is 1. The summed E-state index contributed by atoms with van der Waals surface area (Å²) in [5.74, 6) is 0.0465. The van der Waals surface area contributed by atoms with Gasteiger partial charge in [-0.25, -0.2) is 9.78 Å². The first-order valence-corrected chi connectivity index (χ1v) is 9.16. The molecule has 2 heterocycles. The fourth-order valence-corrected chi connectivity index (χ4v) is 3.67. The van der Waals surface area contributed by atoms with Gasteiger partial charge < -0.3 is 19.4 Å². The predicted octanol–water partition coefficient (Wildman–Crippen LogP) is 2.03. The fraction of sp³-hybridized carbons (Fsp3) is 0.471. The third kappa shape index (κ3) is 4.01. The summed E-state index contributed by atoms with van der Waals surface area (Å²) in [4.78, 5) is 34.1. The van der Waals surface area contributed by atoms with Crippen molar-refractivity contribution in [3.05, 3.63) is 24.3 Å². The van der Waals surface area contributed by atoms with Gasteiger partial charge in [0, 0.05) is 33.2 Å². The molecule has 7 nitrogen and oxygen atoms in total. The van der Waals surface area contributed by atoms with Gasteiger partial charge in [-0.15, -0.1) is 0 Å². The number of thiazole rings is 1. The molecular formula is C17H22N4O3S. The van der Waals surface area contributed by atoms with Crippen LogP contribution in [0.3, 0.4) is 0 Å². The van der Waals surface area contributed by atoms with Crippen molar-refractivity contribution in [3.63, 3.8) is 0 Å². The molecule has 0 saturated carbocycles. The molecule has 2 amide bonds. The zero-order valence-corrected chi connectivity index (χ0v) is 15.3. The second-order valence-corrected chi connectivity index (χ2v) is 6.90. The number of hydrogen-bond donors (Lipinski definition) is 0.